The van der Waals surface area contributed by atoms with E-state index in [2.05, 4.69) is 35.9 Å². The van der Waals surface area contributed by atoms with Gasteiger partial charge in [0.1, 0.15) is 0 Å². The van der Waals surface area contributed by atoms with E-state index in [1.807, 2.05) is 30.5 Å². The van der Waals surface area contributed by atoms with Crippen LogP contribution < -0.4 is 4.90 Å². The van der Waals surface area contributed by atoms with Gasteiger partial charge >= 0.3 is 0 Å². The van der Waals surface area contributed by atoms with Crippen molar-refractivity contribution in [2.45, 2.75) is 26.7 Å². The van der Waals surface area contributed by atoms with Gasteiger partial charge in [-0.1, -0.05) is 37.6 Å². The van der Waals surface area contributed by atoms with Crippen molar-refractivity contribution >= 4 is 33.7 Å². The molecule has 160 valence electrons. The van der Waals surface area contributed by atoms with E-state index in [0.29, 0.717) is 24.7 Å². The molecule has 3 aromatic rings. The Labute approximate surface area is 191 Å². The maximum atomic E-state index is 13.0. The number of ether oxygens (including phenoxy) is 1. The van der Waals surface area contributed by atoms with Gasteiger partial charge in [0.25, 0.3) is 0 Å². The number of rotatable bonds is 3. The minimum absolute atomic E-state index is 0.0335. The van der Waals surface area contributed by atoms with Gasteiger partial charge in [0.2, 0.25) is 0 Å². The zero-order chi connectivity index (χ0) is 21.6. The minimum atomic E-state index is -0.0335. The van der Waals surface area contributed by atoms with Crippen LogP contribution >= 0.6 is 22.9 Å². The highest BCUT2D eigenvalue weighted by Crippen LogP contribution is 2.49. The number of ketones is 1. The summed E-state index contributed by atoms with van der Waals surface area (Å²) < 4.78 is 5.58. The van der Waals surface area contributed by atoms with Crippen LogP contribution in [0.5, 0.6) is 0 Å². The normalized spacial score (nSPS) is 18.2. The summed E-state index contributed by atoms with van der Waals surface area (Å²) in [5.41, 5.74) is 5.41. The van der Waals surface area contributed by atoms with Crippen molar-refractivity contribution < 1.29 is 9.53 Å². The number of halogens is 1. The molecule has 3 heterocycles. The van der Waals surface area contributed by atoms with Gasteiger partial charge < -0.3 is 9.64 Å². The first-order valence-electron chi connectivity index (χ1n) is 10.7. The van der Waals surface area contributed by atoms with E-state index in [9.17, 15) is 4.79 Å². The topological polar surface area (TPSA) is 42.4 Å². The van der Waals surface area contributed by atoms with Gasteiger partial charge in [-0.2, -0.15) is 0 Å². The standard InChI is InChI=1S/C25H25ClN2O2S/c1-25(2)14-19-22(17-7-8-27-20(13-17)16-3-5-18(26)6-4-16)24(28-9-11-30-12-10-28)31-23(19)21(29)15-25/h3-8,13H,9-12,14-15H2,1-2H3. The lowest BCUT2D eigenvalue weighted by molar-refractivity contribution is 0.0918. The smallest absolute Gasteiger partial charge is 0.173 e. The van der Waals surface area contributed by atoms with Crippen LogP contribution in [-0.2, 0) is 11.2 Å². The number of hydrogen-bond donors (Lipinski definition) is 0. The van der Waals surface area contributed by atoms with Gasteiger partial charge in [-0.25, -0.2) is 0 Å². The molecule has 1 aliphatic heterocycles. The lowest BCUT2D eigenvalue weighted by Gasteiger charge is -2.30. The number of carbonyl (C=O) groups excluding carboxylic acids is 1. The molecular formula is C25H25ClN2O2S. The average molecular weight is 453 g/mol. The molecule has 0 amide bonds. The van der Waals surface area contributed by atoms with Crippen LogP contribution in [-0.4, -0.2) is 37.1 Å². The molecule has 5 rings (SSSR count). The molecule has 4 nitrogen and oxygen atoms in total. The van der Waals surface area contributed by atoms with Crippen molar-refractivity contribution in [2.24, 2.45) is 5.41 Å². The molecule has 31 heavy (non-hydrogen) atoms. The largest absolute Gasteiger partial charge is 0.378 e. The molecule has 0 atom stereocenters. The third kappa shape index (κ3) is 4.02. The average Bonchev–Trinajstić information content (AvgIpc) is 3.13. The molecule has 6 heteroatoms. The Bertz CT molecular complexity index is 1130. The van der Waals surface area contributed by atoms with Crippen LogP contribution in [0.1, 0.15) is 35.5 Å². The number of anilines is 1. The summed E-state index contributed by atoms with van der Waals surface area (Å²) in [7, 11) is 0. The number of morpholine rings is 1. The van der Waals surface area contributed by atoms with Gasteiger partial charge in [0.15, 0.2) is 5.78 Å². The first-order valence-corrected chi connectivity index (χ1v) is 11.8. The van der Waals surface area contributed by atoms with Gasteiger partial charge in [-0.3, -0.25) is 9.78 Å². The molecule has 1 fully saturated rings. The molecule has 0 bridgehead atoms. The van der Waals surface area contributed by atoms with E-state index in [0.717, 1.165) is 41.2 Å². The number of Topliss-reactive ketones (excluding diaryl/α,β-unsaturated/α-hetero) is 1. The van der Waals surface area contributed by atoms with E-state index in [4.69, 9.17) is 16.3 Å². The minimum Gasteiger partial charge on any atom is -0.378 e. The first-order chi connectivity index (χ1) is 14.9. The van der Waals surface area contributed by atoms with Crippen molar-refractivity contribution in [1.82, 2.24) is 4.98 Å². The zero-order valence-electron chi connectivity index (χ0n) is 17.8. The number of benzene rings is 1. The molecule has 2 aromatic heterocycles. The highest BCUT2D eigenvalue weighted by molar-refractivity contribution is 7.19. The third-order valence-corrected chi connectivity index (χ3v) is 7.61. The predicted octanol–water partition coefficient (Wildman–Crippen LogP) is 6.12. The Hall–Kier alpha value is -2.21. The lowest BCUT2D eigenvalue weighted by atomic mass is 9.75. The molecule has 1 saturated heterocycles. The highest BCUT2D eigenvalue weighted by atomic mass is 35.5. The highest BCUT2D eigenvalue weighted by Gasteiger charge is 2.37. The summed E-state index contributed by atoms with van der Waals surface area (Å²) >= 11 is 7.73. The third-order valence-electron chi connectivity index (χ3n) is 6.02. The van der Waals surface area contributed by atoms with Gasteiger partial charge in [0.05, 0.1) is 28.8 Å². The van der Waals surface area contributed by atoms with Crippen LogP contribution in [0, 0.1) is 5.41 Å². The summed E-state index contributed by atoms with van der Waals surface area (Å²) in [6.07, 6.45) is 3.37. The molecular weight excluding hydrogens is 428 g/mol. The summed E-state index contributed by atoms with van der Waals surface area (Å²) in [6.45, 7) is 7.50. The van der Waals surface area contributed by atoms with Crippen LogP contribution in [0.2, 0.25) is 5.02 Å². The molecule has 0 N–H and O–H groups in total. The van der Waals surface area contributed by atoms with E-state index in [1.165, 1.54) is 16.1 Å². The van der Waals surface area contributed by atoms with Crippen LogP contribution in [0.3, 0.4) is 0 Å². The Kier molecular flexibility index (Phi) is 5.37. The molecule has 2 aliphatic rings. The molecule has 0 saturated carbocycles. The Morgan fingerprint density at radius 1 is 1.06 bits per heavy atom. The fourth-order valence-electron chi connectivity index (χ4n) is 4.55. The Morgan fingerprint density at radius 2 is 1.81 bits per heavy atom. The fraction of sp³-hybridized carbons (Fsp3) is 0.360. The van der Waals surface area contributed by atoms with Crippen molar-refractivity contribution in [1.29, 1.82) is 0 Å². The van der Waals surface area contributed by atoms with Gasteiger partial charge in [-0.15, -0.1) is 11.3 Å². The van der Waals surface area contributed by atoms with Crippen molar-refractivity contribution in [3.05, 3.63) is 58.1 Å². The van der Waals surface area contributed by atoms with E-state index >= 15 is 0 Å². The summed E-state index contributed by atoms with van der Waals surface area (Å²) in [5, 5.41) is 1.90. The maximum absolute atomic E-state index is 13.0. The predicted molar refractivity (Wildman–Crippen MR) is 127 cm³/mol. The van der Waals surface area contributed by atoms with Crippen LogP contribution in [0.15, 0.2) is 42.6 Å². The number of aromatic nitrogens is 1. The lowest BCUT2D eigenvalue weighted by Crippen LogP contribution is -2.36. The van der Waals surface area contributed by atoms with Gasteiger partial charge in [0, 0.05) is 41.9 Å². The second-order valence-corrected chi connectivity index (χ2v) is 10.5. The summed E-state index contributed by atoms with van der Waals surface area (Å²) in [5.74, 6) is 0.268. The number of carbonyl (C=O) groups is 1. The quantitative estimate of drug-likeness (QED) is 0.480. The van der Waals surface area contributed by atoms with Crippen molar-refractivity contribution in [3.8, 4) is 22.4 Å². The second-order valence-electron chi connectivity index (χ2n) is 9.07. The fourth-order valence-corrected chi connectivity index (χ4v) is 6.01. The van der Waals surface area contributed by atoms with Crippen LogP contribution in [0.25, 0.3) is 22.4 Å². The van der Waals surface area contributed by atoms with E-state index in [1.54, 1.807) is 11.3 Å². The van der Waals surface area contributed by atoms with Crippen LogP contribution in [0.4, 0.5) is 5.00 Å². The van der Waals surface area contributed by atoms with E-state index in [-0.39, 0.29) is 11.2 Å². The summed E-state index contributed by atoms with van der Waals surface area (Å²) in [4.78, 5) is 21.0. The number of nitrogens with zero attached hydrogens (tertiary/aromatic N) is 2. The number of thiophene rings is 1. The SMILES string of the molecule is CC1(C)CC(=O)c2sc(N3CCOCC3)c(-c3ccnc(-c4ccc(Cl)cc4)c3)c2C1. The molecule has 0 radical (unpaired) electrons. The Balaban J connectivity index is 1.66. The molecule has 0 spiro atoms. The molecule has 1 aliphatic carbocycles. The maximum Gasteiger partial charge on any atom is 0.173 e. The van der Waals surface area contributed by atoms with E-state index < -0.39 is 0 Å². The van der Waals surface area contributed by atoms with Gasteiger partial charge in [-0.05, 0) is 47.2 Å². The summed E-state index contributed by atoms with van der Waals surface area (Å²) in [6, 6.07) is 12.0. The van der Waals surface area contributed by atoms with Crippen molar-refractivity contribution in [2.75, 3.05) is 31.2 Å². The second kappa shape index (κ2) is 8.05. The number of pyridine rings is 1. The zero-order valence-corrected chi connectivity index (χ0v) is 19.4. The Morgan fingerprint density at radius 3 is 2.55 bits per heavy atom. The molecule has 0 unspecified atom stereocenters. The molecule has 1 aromatic carbocycles. The number of hydrogen-bond acceptors (Lipinski definition) is 5. The monoisotopic (exact) mass is 452 g/mol. The number of fused-ring (bicyclic) bond motifs is 1. The van der Waals surface area contributed by atoms with Crippen molar-refractivity contribution in [3.63, 3.8) is 0 Å². The first kappa shape index (κ1) is 20.7.